The van der Waals surface area contributed by atoms with Crippen molar-refractivity contribution in [1.29, 1.82) is 0 Å². The summed E-state index contributed by atoms with van der Waals surface area (Å²) in [5, 5.41) is 3.16. The quantitative estimate of drug-likeness (QED) is 0.914. The Morgan fingerprint density at radius 1 is 1.47 bits per heavy atom. The number of nitrogens with one attached hydrogen (secondary N) is 1. The van der Waals surface area contributed by atoms with Crippen LogP contribution in [0.4, 0.5) is 4.39 Å². The van der Waals surface area contributed by atoms with Gasteiger partial charge in [0.05, 0.1) is 0 Å². The van der Waals surface area contributed by atoms with Crippen LogP contribution < -0.4 is 5.32 Å². The second-order valence-electron chi connectivity index (χ2n) is 4.34. The molecule has 0 spiro atoms. The van der Waals surface area contributed by atoms with E-state index in [1.807, 2.05) is 19.3 Å². The minimum absolute atomic E-state index is 0.0826. The molecule has 19 heavy (non-hydrogen) atoms. The zero-order valence-electron chi connectivity index (χ0n) is 11.0. The number of likely N-dealkylation sites (N-methyl/N-ethyl adjacent to an activating group) is 1. The zero-order valence-corrected chi connectivity index (χ0v) is 12.6. The van der Waals surface area contributed by atoms with Crippen LogP contribution in [0.15, 0.2) is 35.1 Å². The maximum atomic E-state index is 14.0. The van der Waals surface area contributed by atoms with Crippen LogP contribution in [0, 0.1) is 5.82 Å². The normalized spacial score (nSPS) is 12.6. The van der Waals surface area contributed by atoms with Crippen molar-refractivity contribution in [3.05, 3.63) is 52.3 Å². The number of nitrogens with zero attached hydrogens (tertiary/aromatic N) is 2. The summed E-state index contributed by atoms with van der Waals surface area (Å²) in [6, 6.07) is 5.07. The van der Waals surface area contributed by atoms with E-state index in [2.05, 4.69) is 37.7 Å². The molecule has 5 heteroatoms. The largest absolute Gasteiger partial charge is 0.335 e. The highest BCUT2D eigenvalue weighted by Gasteiger charge is 2.17. The molecule has 0 bridgehead atoms. The van der Waals surface area contributed by atoms with Gasteiger partial charge >= 0.3 is 0 Å². The molecular weight excluding hydrogens is 309 g/mol. The number of rotatable bonds is 5. The molecule has 3 nitrogen and oxygen atoms in total. The number of halogens is 2. The molecule has 0 fully saturated rings. The van der Waals surface area contributed by atoms with E-state index < -0.39 is 0 Å². The second-order valence-corrected chi connectivity index (χ2v) is 5.26. The fourth-order valence-electron chi connectivity index (χ4n) is 2.15. The van der Waals surface area contributed by atoms with Crippen molar-refractivity contribution >= 4 is 15.9 Å². The average molecular weight is 326 g/mol. The van der Waals surface area contributed by atoms with Gasteiger partial charge in [-0.1, -0.05) is 22.0 Å². The van der Waals surface area contributed by atoms with Crippen molar-refractivity contribution < 1.29 is 4.39 Å². The second kappa shape index (κ2) is 6.30. The van der Waals surface area contributed by atoms with E-state index in [0.29, 0.717) is 12.0 Å². The molecule has 1 aromatic heterocycles. The molecule has 0 saturated carbocycles. The third-order valence-electron chi connectivity index (χ3n) is 3.22. The maximum Gasteiger partial charge on any atom is 0.129 e. The number of aromatic nitrogens is 2. The molecule has 0 aliphatic carbocycles. The lowest BCUT2D eigenvalue weighted by atomic mass is 10.0. The highest BCUT2D eigenvalue weighted by molar-refractivity contribution is 9.10. The van der Waals surface area contributed by atoms with E-state index in [-0.39, 0.29) is 11.9 Å². The Balaban J connectivity index is 2.25. The Labute approximate surface area is 121 Å². The van der Waals surface area contributed by atoms with E-state index in [9.17, 15) is 4.39 Å². The van der Waals surface area contributed by atoms with Crippen LogP contribution in [0.5, 0.6) is 0 Å². The molecule has 0 aliphatic rings. The first kappa shape index (κ1) is 14.2. The Hall–Kier alpha value is -1.20. The lowest BCUT2D eigenvalue weighted by molar-refractivity contribution is 0.514. The molecule has 0 amide bonds. The van der Waals surface area contributed by atoms with Gasteiger partial charge in [-0.3, -0.25) is 0 Å². The first-order valence-electron chi connectivity index (χ1n) is 6.28. The Bertz CT molecular complexity index is 553. The highest BCUT2D eigenvalue weighted by Crippen LogP contribution is 2.23. The zero-order chi connectivity index (χ0) is 13.8. The number of hydrogen-bond donors (Lipinski definition) is 1. The van der Waals surface area contributed by atoms with Crippen molar-refractivity contribution in [2.45, 2.75) is 25.9 Å². The van der Waals surface area contributed by atoms with Crippen LogP contribution >= 0.6 is 15.9 Å². The topological polar surface area (TPSA) is 29.9 Å². The summed E-state index contributed by atoms with van der Waals surface area (Å²) in [6.45, 7) is 2.94. The molecule has 1 atom stereocenters. The van der Waals surface area contributed by atoms with E-state index in [4.69, 9.17) is 0 Å². The monoisotopic (exact) mass is 325 g/mol. The van der Waals surface area contributed by atoms with Crippen LogP contribution in [0.2, 0.25) is 0 Å². The van der Waals surface area contributed by atoms with Gasteiger partial charge in [0.15, 0.2) is 0 Å². The molecule has 1 heterocycles. The number of aryl methyl sites for hydroxylation is 1. The van der Waals surface area contributed by atoms with Gasteiger partial charge in [-0.2, -0.15) is 0 Å². The first-order valence-corrected chi connectivity index (χ1v) is 7.07. The third kappa shape index (κ3) is 3.22. The predicted octanol–water partition coefficient (Wildman–Crippen LogP) is 3.31. The van der Waals surface area contributed by atoms with Crippen LogP contribution in [-0.2, 0) is 13.0 Å². The van der Waals surface area contributed by atoms with Gasteiger partial charge in [0.25, 0.3) is 0 Å². The summed E-state index contributed by atoms with van der Waals surface area (Å²) in [5.41, 5.74) is 0.663. The lowest BCUT2D eigenvalue weighted by Gasteiger charge is -2.18. The highest BCUT2D eigenvalue weighted by atomic mass is 79.9. The molecule has 102 valence electrons. The predicted molar refractivity (Wildman–Crippen MR) is 77.5 cm³/mol. The molecule has 0 radical (unpaired) electrons. The van der Waals surface area contributed by atoms with Crippen molar-refractivity contribution in [2.75, 3.05) is 7.05 Å². The SMILES string of the molecule is CCn1ccnc1CC(NC)c1ccc(Br)cc1F. The summed E-state index contributed by atoms with van der Waals surface area (Å²) >= 11 is 3.27. The fraction of sp³-hybridized carbons (Fsp3) is 0.357. The van der Waals surface area contributed by atoms with Crippen LogP contribution in [0.25, 0.3) is 0 Å². The molecule has 1 aromatic carbocycles. The van der Waals surface area contributed by atoms with Crippen molar-refractivity contribution in [1.82, 2.24) is 14.9 Å². The van der Waals surface area contributed by atoms with Crippen LogP contribution in [0.3, 0.4) is 0 Å². The fourth-order valence-corrected chi connectivity index (χ4v) is 2.49. The maximum absolute atomic E-state index is 14.0. The van der Waals surface area contributed by atoms with Crippen molar-refractivity contribution in [3.8, 4) is 0 Å². The summed E-state index contributed by atoms with van der Waals surface area (Å²) in [6.07, 6.45) is 4.39. The standard InChI is InChI=1S/C14H17BrFN3/c1-3-19-7-6-18-14(19)9-13(17-2)11-5-4-10(15)8-12(11)16/h4-8,13,17H,3,9H2,1-2H3. The average Bonchev–Trinajstić information content (AvgIpc) is 2.84. The molecule has 0 saturated heterocycles. The van der Waals surface area contributed by atoms with Crippen LogP contribution in [0.1, 0.15) is 24.4 Å². The van der Waals surface area contributed by atoms with Gasteiger partial charge < -0.3 is 9.88 Å². The number of benzene rings is 1. The van der Waals surface area contributed by atoms with Gasteiger partial charge in [0.1, 0.15) is 11.6 Å². The van der Waals surface area contributed by atoms with Crippen molar-refractivity contribution in [3.63, 3.8) is 0 Å². The number of imidazole rings is 1. The molecule has 2 rings (SSSR count). The van der Waals surface area contributed by atoms with Gasteiger partial charge in [0, 0.05) is 41.4 Å². The number of hydrogen-bond acceptors (Lipinski definition) is 2. The summed E-state index contributed by atoms with van der Waals surface area (Å²) in [5.74, 6) is 0.757. The van der Waals surface area contributed by atoms with E-state index in [1.54, 1.807) is 12.3 Å². The van der Waals surface area contributed by atoms with Gasteiger partial charge in [-0.05, 0) is 26.1 Å². The third-order valence-corrected chi connectivity index (χ3v) is 3.71. The smallest absolute Gasteiger partial charge is 0.129 e. The molecule has 1 unspecified atom stereocenters. The van der Waals surface area contributed by atoms with E-state index >= 15 is 0 Å². The molecule has 2 aromatic rings. The Morgan fingerprint density at radius 3 is 2.89 bits per heavy atom. The molecule has 0 aliphatic heterocycles. The summed E-state index contributed by atoms with van der Waals surface area (Å²) < 4.78 is 16.8. The van der Waals surface area contributed by atoms with E-state index in [1.165, 1.54) is 6.07 Å². The first-order chi connectivity index (χ1) is 9.15. The Kier molecular flexibility index (Phi) is 4.71. The minimum Gasteiger partial charge on any atom is -0.335 e. The molecular formula is C14H17BrFN3. The molecule has 1 N–H and O–H groups in total. The van der Waals surface area contributed by atoms with Crippen LogP contribution in [-0.4, -0.2) is 16.6 Å². The summed E-state index contributed by atoms with van der Waals surface area (Å²) in [4.78, 5) is 4.34. The van der Waals surface area contributed by atoms with Gasteiger partial charge in [0.2, 0.25) is 0 Å². The van der Waals surface area contributed by atoms with Gasteiger partial charge in [-0.15, -0.1) is 0 Å². The van der Waals surface area contributed by atoms with E-state index in [0.717, 1.165) is 16.8 Å². The minimum atomic E-state index is -0.205. The lowest BCUT2D eigenvalue weighted by Crippen LogP contribution is -2.21. The Morgan fingerprint density at radius 2 is 2.26 bits per heavy atom. The summed E-state index contributed by atoms with van der Waals surface area (Å²) in [7, 11) is 1.84. The van der Waals surface area contributed by atoms with Gasteiger partial charge in [-0.25, -0.2) is 9.37 Å². The van der Waals surface area contributed by atoms with Crippen molar-refractivity contribution in [2.24, 2.45) is 0 Å².